The highest BCUT2D eigenvalue weighted by molar-refractivity contribution is 5.79. The van der Waals surface area contributed by atoms with Crippen molar-refractivity contribution in [2.45, 2.75) is 59.8 Å². The Balaban J connectivity index is 1.79. The first-order valence-corrected chi connectivity index (χ1v) is 8.24. The van der Waals surface area contributed by atoms with Crippen LogP contribution in [0.4, 0.5) is 0 Å². The fourth-order valence-electron chi connectivity index (χ4n) is 3.88. The fourth-order valence-corrected chi connectivity index (χ4v) is 3.88. The summed E-state index contributed by atoms with van der Waals surface area (Å²) in [6.45, 7) is 11.3. The molecule has 2 aliphatic rings. The summed E-state index contributed by atoms with van der Waals surface area (Å²) in [4.78, 5) is 25.8. The highest BCUT2D eigenvalue weighted by atomic mass is 16.2. The van der Waals surface area contributed by atoms with E-state index in [0.717, 1.165) is 38.9 Å². The van der Waals surface area contributed by atoms with Gasteiger partial charge in [0.25, 0.3) is 0 Å². The first-order chi connectivity index (χ1) is 9.69. The Labute approximate surface area is 128 Å². The molecular weight excluding hydrogens is 264 g/mol. The molecule has 0 radical (unpaired) electrons. The summed E-state index contributed by atoms with van der Waals surface area (Å²) in [6.07, 6.45) is 4.31. The van der Waals surface area contributed by atoms with Gasteiger partial charge in [-0.15, -0.1) is 0 Å². The lowest BCUT2D eigenvalue weighted by molar-refractivity contribution is -0.134. The van der Waals surface area contributed by atoms with E-state index in [2.05, 4.69) is 33.0 Å². The molecule has 1 spiro atoms. The van der Waals surface area contributed by atoms with Crippen LogP contribution in [0.1, 0.15) is 59.8 Å². The van der Waals surface area contributed by atoms with E-state index in [-0.39, 0.29) is 16.7 Å². The monoisotopic (exact) mass is 294 g/mol. The van der Waals surface area contributed by atoms with Crippen molar-refractivity contribution in [3.05, 3.63) is 0 Å². The van der Waals surface area contributed by atoms with Crippen molar-refractivity contribution in [1.82, 2.24) is 10.2 Å². The number of nitrogens with one attached hydrogen (secondary N) is 1. The van der Waals surface area contributed by atoms with Crippen LogP contribution in [0.5, 0.6) is 0 Å². The smallest absolute Gasteiger partial charge is 0.222 e. The van der Waals surface area contributed by atoms with Crippen LogP contribution in [0.3, 0.4) is 0 Å². The summed E-state index contributed by atoms with van der Waals surface area (Å²) in [7, 11) is 0. The number of nitrogens with zero attached hydrogens (tertiary/aromatic N) is 1. The maximum Gasteiger partial charge on any atom is 0.222 e. The van der Waals surface area contributed by atoms with Gasteiger partial charge in [0.1, 0.15) is 0 Å². The van der Waals surface area contributed by atoms with E-state index in [9.17, 15) is 9.59 Å². The lowest BCUT2D eigenvalue weighted by Gasteiger charge is -2.38. The van der Waals surface area contributed by atoms with Crippen LogP contribution >= 0.6 is 0 Å². The molecule has 0 bridgehead atoms. The SMILES string of the molecule is CC(CC(=O)N1CCC2(CC1)CNC(=O)C2)CC(C)(C)C. The summed E-state index contributed by atoms with van der Waals surface area (Å²) in [5.74, 6) is 0.899. The Morgan fingerprint density at radius 3 is 2.43 bits per heavy atom. The van der Waals surface area contributed by atoms with Gasteiger partial charge in [-0.1, -0.05) is 27.7 Å². The van der Waals surface area contributed by atoms with Crippen molar-refractivity contribution in [2.75, 3.05) is 19.6 Å². The zero-order chi connectivity index (χ0) is 15.7. The predicted octanol–water partition coefficient (Wildman–Crippen LogP) is 2.58. The number of carbonyl (C=O) groups is 2. The molecular formula is C17H30N2O2. The third-order valence-corrected chi connectivity index (χ3v) is 4.86. The molecule has 2 fully saturated rings. The number of likely N-dealkylation sites (tertiary alicyclic amines) is 1. The normalized spacial score (nSPS) is 23.2. The van der Waals surface area contributed by atoms with Gasteiger partial charge < -0.3 is 10.2 Å². The minimum atomic E-state index is 0.130. The Bertz CT molecular complexity index is 404. The van der Waals surface area contributed by atoms with Crippen molar-refractivity contribution in [3.8, 4) is 0 Å². The number of amides is 2. The molecule has 1 N–H and O–H groups in total. The van der Waals surface area contributed by atoms with Crippen LogP contribution in [0.15, 0.2) is 0 Å². The molecule has 0 saturated carbocycles. The first-order valence-electron chi connectivity index (χ1n) is 8.24. The third kappa shape index (κ3) is 4.45. The van der Waals surface area contributed by atoms with Gasteiger partial charge in [-0.25, -0.2) is 0 Å². The zero-order valence-corrected chi connectivity index (χ0v) is 14.0. The van der Waals surface area contributed by atoms with Crippen molar-refractivity contribution in [3.63, 3.8) is 0 Å². The molecule has 0 aliphatic carbocycles. The van der Waals surface area contributed by atoms with Gasteiger partial charge in [-0.3, -0.25) is 9.59 Å². The molecule has 2 saturated heterocycles. The molecule has 4 nitrogen and oxygen atoms in total. The summed E-state index contributed by atoms with van der Waals surface area (Å²) in [6, 6.07) is 0. The average molecular weight is 294 g/mol. The largest absolute Gasteiger partial charge is 0.356 e. The molecule has 21 heavy (non-hydrogen) atoms. The van der Waals surface area contributed by atoms with Crippen LogP contribution in [-0.2, 0) is 9.59 Å². The standard InChI is InChI=1S/C17H30N2O2/c1-13(10-16(2,3)4)9-15(21)19-7-5-17(6-8-19)11-14(20)18-12-17/h13H,5-12H2,1-4H3,(H,18,20). The maximum atomic E-state index is 12.4. The van der Waals surface area contributed by atoms with E-state index in [1.54, 1.807) is 0 Å². The molecule has 2 amide bonds. The first kappa shape index (κ1) is 16.3. The molecule has 0 aromatic carbocycles. The number of rotatable bonds is 3. The molecule has 0 aromatic heterocycles. The topological polar surface area (TPSA) is 49.4 Å². The Morgan fingerprint density at radius 2 is 1.95 bits per heavy atom. The third-order valence-electron chi connectivity index (χ3n) is 4.86. The van der Waals surface area contributed by atoms with E-state index < -0.39 is 0 Å². The van der Waals surface area contributed by atoms with Gasteiger partial charge in [0, 0.05) is 32.5 Å². The fraction of sp³-hybridized carbons (Fsp3) is 0.882. The second kappa shape index (κ2) is 5.98. The molecule has 1 atom stereocenters. The van der Waals surface area contributed by atoms with Gasteiger partial charge in [0.05, 0.1) is 0 Å². The van der Waals surface area contributed by atoms with Gasteiger partial charge >= 0.3 is 0 Å². The quantitative estimate of drug-likeness (QED) is 0.869. The second-order valence-electron chi connectivity index (χ2n) is 8.41. The van der Waals surface area contributed by atoms with Crippen molar-refractivity contribution in [2.24, 2.45) is 16.7 Å². The van der Waals surface area contributed by atoms with Gasteiger partial charge in [0.15, 0.2) is 0 Å². The van der Waals surface area contributed by atoms with Gasteiger partial charge in [0.2, 0.25) is 11.8 Å². The molecule has 4 heteroatoms. The Kier molecular flexibility index (Phi) is 4.64. The Hall–Kier alpha value is -1.06. The van der Waals surface area contributed by atoms with Crippen molar-refractivity contribution in [1.29, 1.82) is 0 Å². The number of hydrogen-bond donors (Lipinski definition) is 1. The van der Waals surface area contributed by atoms with Crippen LogP contribution in [0.25, 0.3) is 0 Å². The van der Waals surface area contributed by atoms with Crippen LogP contribution in [-0.4, -0.2) is 36.3 Å². The lowest BCUT2D eigenvalue weighted by atomic mass is 9.77. The van der Waals surface area contributed by atoms with E-state index in [4.69, 9.17) is 0 Å². The average Bonchev–Trinajstić information content (AvgIpc) is 2.69. The zero-order valence-electron chi connectivity index (χ0n) is 14.0. The van der Waals surface area contributed by atoms with Crippen LogP contribution in [0, 0.1) is 16.7 Å². The summed E-state index contributed by atoms with van der Waals surface area (Å²) in [5, 5.41) is 2.94. The van der Waals surface area contributed by atoms with Crippen molar-refractivity contribution < 1.29 is 9.59 Å². The van der Waals surface area contributed by atoms with E-state index in [1.165, 1.54) is 0 Å². The summed E-state index contributed by atoms with van der Waals surface area (Å²) < 4.78 is 0. The maximum absolute atomic E-state index is 12.4. The number of carbonyl (C=O) groups excluding carboxylic acids is 2. The Morgan fingerprint density at radius 1 is 1.33 bits per heavy atom. The van der Waals surface area contributed by atoms with E-state index in [1.807, 2.05) is 4.90 Å². The minimum Gasteiger partial charge on any atom is -0.356 e. The molecule has 120 valence electrons. The second-order valence-corrected chi connectivity index (χ2v) is 8.41. The molecule has 2 rings (SSSR count). The highest BCUT2D eigenvalue weighted by Crippen LogP contribution is 2.37. The summed E-state index contributed by atoms with van der Waals surface area (Å²) >= 11 is 0. The molecule has 2 heterocycles. The summed E-state index contributed by atoms with van der Waals surface area (Å²) in [5.41, 5.74) is 0.409. The van der Waals surface area contributed by atoms with Crippen LogP contribution < -0.4 is 5.32 Å². The van der Waals surface area contributed by atoms with Crippen molar-refractivity contribution >= 4 is 11.8 Å². The van der Waals surface area contributed by atoms with Crippen LogP contribution in [0.2, 0.25) is 0 Å². The number of hydrogen-bond acceptors (Lipinski definition) is 2. The predicted molar refractivity (Wildman–Crippen MR) is 83.7 cm³/mol. The number of piperidine rings is 1. The molecule has 1 unspecified atom stereocenters. The van der Waals surface area contributed by atoms with Gasteiger partial charge in [-0.05, 0) is 36.0 Å². The highest BCUT2D eigenvalue weighted by Gasteiger charge is 2.41. The minimum absolute atomic E-state index is 0.130. The molecule has 2 aliphatic heterocycles. The molecule has 0 aromatic rings. The van der Waals surface area contributed by atoms with E-state index in [0.29, 0.717) is 24.7 Å². The van der Waals surface area contributed by atoms with E-state index >= 15 is 0 Å². The van der Waals surface area contributed by atoms with Gasteiger partial charge in [-0.2, -0.15) is 0 Å². The lowest BCUT2D eigenvalue weighted by Crippen LogP contribution is -2.44.